The molecule has 0 rings (SSSR count). The van der Waals surface area contributed by atoms with Gasteiger partial charge in [0.15, 0.2) is 0 Å². The maximum absolute atomic E-state index is 12.5. The minimum Gasteiger partial charge on any atom is -0.394 e. The maximum Gasteiger partial charge on any atom is 0.220 e. The highest BCUT2D eigenvalue weighted by Gasteiger charge is 2.18. The van der Waals surface area contributed by atoms with Gasteiger partial charge in [0, 0.05) is 6.42 Å². The van der Waals surface area contributed by atoms with Crippen molar-refractivity contribution in [3.63, 3.8) is 0 Å². The van der Waals surface area contributed by atoms with Gasteiger partial charge in [-0.25, -0.2) is 0 Å². The summed E-state index contributed by atoms with van der Waals surface area (Å²) in [7, 11) is 0. The number of aliphatic hydroxyl groups is 2. The Morgan fingerprint density at radius 2 is 0.600 bits per heavy atom. The van der Waals surface area contributed by atoms with Gasteiger partial charge in [-0.05, 0) is 70.6 Å². The summed E-state index contributed by atoms with van der Waals surface area (Å²) >= 11 is 0. The highest BCUT2D eigenvalue weighted by atomic mass is 16.3. The molecule has 0 heterocycles. The Labute approximate surface area is 438 Å². The standard InChI is InChI=1S/C66H123NO3/c1-3-5-7-9-11-13-15-17-19-21-23-25-27-28-29-30-31-32-33-34-35-36-37-38-40-42-44-46-48-50-52-54-56-58-60-62-66(70)67-64(63-68)65(69)61-59-57-55-53-51-49-47-45-43-41-39-26-24-22-20-18-16-14-12-10-8-6-4-2/h15,17,21,23,27-28,51,53,59,61,64-65,68-69H,3-14,16,18-20,22,24-26,29-50,52,54-58,60,62-63H2,1-2H3,(H,67,70)/b17-15-,23-21-,28-27-,53-51+,61-59+. The smallest absolute Gasteiger partial charge is 0.220 e. The number of carbonyl (C=O) groups excluding carboxylic acids is 1. The van der Waals surface area contributed by atoms with Crippen molar-refractivity contribution in [2.24, 2.45) is 0 Å². The second-order valence-corrected chi connectivity index (χ2v) is 21.5. The number of allylic oxidation sites excluding steroid dienone is 9. The van der Waals surface area contributed by atoms with Gasteiger partial charge in [0.1, 0.15) is 0 Å². The van der Waals surface area contributed by atoms with Crippen LogP contribution in [0.4, 0.5) is 0 Å². The summed E-state index contributed by atoms with van der Waals surface area (Å²) in [6.45, 7) is 4.32. The normalized spacial score (nSPS) is 13.1. The molecule has 0 aliphatic carbocycles. The Hall–Kier alpha value is -1.91. The van der Waals surface area contributed by atoms with Crippen LogP contribution in [0, 0.1) is 0 Å². The molecule has 0 aromatic rings. The van der Waals surface area contributed by atoms with Crippen molar-refractivity contribution in [1.29, 1.82) is 0 Å². The van der Waals surface area contributed by atoms with E-state index < -0.39 is 12.1 Å². The van der Waals surface area contributed by atoms with Gasteiger partial charge in [-0.15, -0.1) is 0 Å². The SMILES string of the molecule is CCCCCCC/C=C\C/C=C\C/C=C\CCCCCCCCCCCCCCCCCCCCCCC(=O)NC(CO)C(O)/C=C/CC/C=C/CCCCCCCCCCCCCCCCCCC. The fourth-order valence-corrected chi connectivity index (χ4v) is 9.68. The van der Waals surface area contributed by atoms with Crippen molar-refractivity contribution in [2.75, 3.05) is 6.61 Å². The number of rotatable bonds is 58. The summed E-state index contributed by atoms with van der Waals surface area (Å²) in [5.41, 5.74) is 0. The lowest BCUT2D eigenvalue weighted by Crippen LogP contribution is -2.45. The van der Waals surface area contributed by atoms with Crippen LogP contribution >= 0.6 is 0 Å². The predicted molar refractivity (Wildman–Crippen MR) is 313 cm³/mol. The van der Waals surface area contributed by atoms with Crippen molar-refractivity contribution in [1.82, 2.24) is 5.32 Å². The van der Waals surface area contributed by atoms with Gasteiger partial charge < -0.3 is 15.5 Å². The molecule has 70 heavy (non-hydrogen) atoms. The van der Waals surface area contributed by atoms with Crippen molar-refractivity contribution in [2.45, 2.75) is 347 Å². The molecular formula is C66H123NO3. The molecule has 0 fully saturated rings. The van der Waals surface area contributed by atoms with Crippen molar-refractivity contribution >= 4 is 5.91 Å². The van der Waals surface area contributed by atoms with Crippen LogP contribution in [0.15, 0.2) is 60.8 Å². The first-order valence-electron chi connectivity index (χ1n) is 31.5. The average molecular weight is 979 g/mol. The Kier molecular flexibility index (Phi) is 59.7. The fraction of sp³-hybridized carbons (Fsp3) is 0.833. The van der Waals surface area contributed by atoms with Crippen LogP contribution in [0.25, 0.3) is 0 Å². The Balaban J connectivity index is 3.48. The summed E-state index contributed by atoms with van der Waals surface area (Å²) in [4.78, 5) is 12.5. The van der Waals surface area contributed by atoms with Gasteiger partial charge >= 0.3 is 0 Å². The van der Waals surface area contributed by atoms with Gasteiger partial charge in [-0.3, -0.25) is 4.79 Å². The number of aliphatic hydroxyl groups excluding tert-OH is 2. The molecule has 1 amide bonds. The molecule has 4 nitrogen and oxygen atoms in total. The van der Waals surface area contributed by atoms with Gasteiger partial charge in [0.2, 0.25) is 5.91 Å². The third kappa shape index (κ3) is 57.0. The molecular weight excluding hydrogens is 855 g/mol. The van der Waals surface area contributed by atoms with Gasteiger partial charge in [-0.2, -0.15) is 0 Å². The van der Waals surface area contributed by atoms with Crippen LogP contribution in [0.2, 0.25) is 0 Å². The largest absolute Gasteiger partial charge is 0.394 e. The monoisotopic (exact) mass is 978 g/mol. The number of hydrogen-bond donors (Lipinski definition) is 3. The molecule has 2 unspecified atom stereocenters. The molecule has 0 saturated heterocycles. The summed E-state index contributed by atoms with van der Waals surface area (Å²) < 4.78 is 0. The third-order valence-corrected chi connectivity index (χ3v) is 14.5. The second-order valence-electron chi connectivity index (χ2n) is 21.5. The molecule has 3 N–H and O–H groups in total. The van der Waals surface area contributed by atoms with Crippen LogP contribution < -0.4 is 5.32 Å². The zero-order valence-electron chi connectivity index (χ0n) is 47.3. The van der Waals surface area contributed by atoms with E-state index in [1.54, 1.807) is 6.08 Å². The van der Waals surface area contributed by atoms with Crippen LogP contribution in [-0.2, 0) is 4.79 Å². The first kappa shape index (κ1) is 68.1. The number of nitrogens with one attached hydrogen (secondary N) is 1. The third-order valence-electron chi connectivity index (χ3n) is 14.5. The minimum absolute atomic E-state index is 0.0691. The van der Waals surface area contributed by atoms with E-state index in [2.05, 4.69) is 67.8 Å². The zero-order valence-corrected chi connectivity index (χ0v) is 47.3. The molecule has 4 heteroatoms. The maximum atomic E-state index is 12.5. The number of hydrogen-bond acceptors (Lipinski definition) is 3. The Morgan fingerprint density at radius 1 is 0.343 bits per heavy atom. The van der Waals surface area contributed by atoms with Crippen LogP contribution in [0.3, 0.4) is 0 Å². The van der Waals surface area contributed by atoms with E-state index in [1.165, 1.54) is 270 Å². The second kappa shape index (κ2) is 61.4. The topological polar surface area (TPSA) is 69.6 Å². The number of amides is 1. The van der Waals surface area contributed by atoms with Crippen molar-refractivity contribution in [3.05, 3.63) is 60.8 Å². The average Bonchev–Trinajstić information content (AvgIpc) is 3.36. The van der Waals surface area contributed by atoms with E-state index in [0.717, 1.165) is 44.9 Å². The lowest BCUT2D eigenvalue weighted by molar-refractivity contribution is -0.123. The molecule has 0 radical (unpaired) electrons. The van der Waals surface area contributed by atoms with E-state index in [4.69, 9.17) is 0 Å². The predicted octanol–water partition coefficient (Wildman–Crippen LogP) is 21.2. The van der Waals surface area contributed by atoms with E-state index in [9.17, 15) is 15.0 Å². The highest BCUT2D eigenvalue weighted by Crippen LogP contribution is 2.17. The molecule has 0 aromatic heterocycles. The Bertz CT molecular complexity index is 1150. The van der Waals surface area contributed by atoms with Crippen LogP contribution in [-0.4, -0.2) is 34.9 Å². The quantitative estimate of drug-likeness (QED) is 0.0420. The first-order chi connectivity index (χ1) is 34.7. The lowest BCUT2D eigenvalue weighted by atomic mass is 10.0. The molecule has 0 aliphatic rings. The zero-order chi connectivity index (χ0) is 50.6. The van der Waals surface area contributed by atoms with Crippen molar-refractivity contribution in [3.8, 4) is 0 Å². The highest BCUT2D eigenvalue weighted by molar-refractivity contribution is 5.76. The molecule has 0 aromatic carbocycles. The number of unbranched alkanes of at least 4 members (excludes halogenated alkanes) is 43. The van der Waals surface area contributed by atoms with E-state index >= 15 is 0 Å². The van der Waals surface area contributed by atoms with E-state index in [0.29, 0.717) is 6.42 Å². The van der Waals surface area contributed by atoms with Crippen LogP contribution in [0.5, 0.6) is 0 Å². The lowest BCUT2D eigenvalue weighted by Gasteiger charge is -2.19. The molecule has 0 bridgehead atoms. The van der Waals surface area contributed by atoms with Gasteiger partial charge in [-0.1, -0.05) is 319 Å². The number of carbonyl (C=O) groups is 1. The van der Waals surface area contributed by atoms with Crippen molar-refractivity contribution < 1.29 is 15.0 Å². The van der Waals surface area contributed by atoms with E-state index in [1.807, 2.05) is 6.08 Å². The molecule has 0 aliphatic heterocycles. The van der Waals surface area contributed by atoms with Gasteiger partial charge in [0.25, 0.3) is 0 Å². The summed E-state index contributed by atoms with van der Waals surface area (Å²) in [5, 5.41) is 23.2. The fourth-order valence-electron chi connectivity index (χ4n) is 9.68. The molecule has 0 spiro atoms. The first-order valence-corrected chi connectivity index (χ1v) is 31.5. The summed E-state index contributed by atoms with van der Waals surface area (Å²) in [6, 6.07) is -0.641. The van der Waals surface area contributed by atoms with Gasteiger partial charge in [0.05, 0.1) is 18.8 Å². The summed E-state index contributed by atoms with van der Waals surface area (Å²) in [5.74, 6) is -0.0691. The van der Waals surface area contributed by atoms with E-state index in [-0.39, 0.29) is 12.5 Å². The summed E-state index contributed by atoms with van der Waals surface area (Å²) in [6.07, 6.45) is 87.0. The molecule has 0 saturated carbocycles. The van der Waals surface area contributed by atoms with Crippen LogP contribution in [0.1, 0.15) is 335 Å². The molecule has 410 valence electrons. The Morgan fingerprint density at radius 3 is 0.929 bits per heavy atom. The minimum atomic E-state index is -0.864. The molecule has 2 atom stereocenters.